The normalized spacial score (nSPS) is 11.1. The summed E-state index contributed by atoms with van der Waals surface area (Å²) in [5.74, 6) is 0.441. The predicted molar refractivity (Wildman–Crippen MR) is 138 cm³/mol. The van der Waals surface area contributed by atoms with Crippen LogP contribution in [0.3, 0.4) is 0 Å². The first-order valence-electron chi connectivity index (χ1n) is 11.4. The molecule has 0 unspecified atom stereocenters. The maximum Gasteiger partial charge on any atom is 0.264 e. The maximum absolute atomic E-state index is 13.6. The molecular weight excluding hydrogens is 464 g/mol. The Morgan fingerprint density at radius 3 is 2.06 bits per heavy atom. The number of carbonyl (C=O) groups excluding carboxylic acids is 1. The number of benzene rings is 3. The number of nitrogens with one attached hydrogen (secondary N) is 1. The Hall–Kier alpha value is -3.52. The highest BCUT2D eigenvalue weighted by Gasteiger charge is 2.28. The van der Waals surface area contributed by atoms with Gasteiger partial charge in [-0.3, -0.25) is 9.10 Å². The van der Waals surface area contributed by atoms with Crippen LogP contribution in [0.15, 0.2) is 71.6 Å². The molecule has 0 radical (unpaired) electrons. The molecule has 0 aliphatic heterocycles. The zero-order chi connectivity index (χ0) is 25.4. The molecule has 0 bridgehead atoms. The van der Waals surface area contributed by atoms with E-state index in [1.54, 1.807) is 30.3 Å². The van der Waals surface area contributed by atoms with Gasteiger partial charge in [-0.2, -0.15) is 0 Å². The quantitative estimate of drug-likeness (QED) is 0.401. The molecule has 0 aliphatic rings. The molecule has 0 aliphatic carbocycles. The smallest absolute Gasteiger partial charge is 0.264 e. The van der Waals surface area contributed by atoms with Crippen molar-refractivity contribution in [2.75, 3.05) is 31.6 Å². The van der Waals surface area contributed by atoms with Crippen molar-refractivity contribution in [3.05, 3.63) is 83.4 Å². The van der Waals surface area contributed by atoms with Crippen molar-refractivity contribution in [1.29, 1.82) is 0 Å². The Labute approximate surface area is 207 Å². The highest BCUT2D eigenvalue weighted by Crippen LogP contribution is 2.33. The van der Waals surface area contributed by atoms with Crippen molar-refractivity contribution in [2.45, 2.75) is 31.6 Å². The van der Waals surface area contributed by atoms with Gasteiger partial charge in [0.1, 0.15) is 6.54 Å². The molecule has 0 fully saturated rings. The Bertz CT molecular complexity index is 1240. The van der Waals surface area contributed by atoms with Gasteiger partial charge in [-0.25, -0.2) is 8.42 Å². The van der Waals surface area contributed by atoms with Crippen LogP contribution < -0.4 is 19.1 Å². The number of hydrogen-bond acceptors (Lipinski definition) is 5. The number of anilines is 1. The van der Waals surface area contributed by atoms with Crippen molar-refractivity contribution in [1.82, 2.24) is 5.32 Å². The number of sulfonamides is 1. The molecule has 1 amide bonds. The van der Waals surface area contributed by atoms with Crippen LogP contribution in [-0.2, 0) is 21.2 Å². The van der Waals surface area contributed by atoms with Gasteiger partial charge in [0, 0.05) is 12.6 Å². The van der Waals surface area contributed by atoms with Crippen molar-refractivity contribution in [3.63, 3.8) is 0 Å². The summed E-state index contributed by atoms with van der Waals surface area (Å²) in [6.07, 6.45) is 1.57. The molecule has 0 aromatic heterocycles. The summed E-state index contributed by atoms with van der Waals surface area (Å²) in [6.45, 7) is 4.00. The molecule has 7 nitrogen and oxygen atoms in total. The van der Waals surface area contributed by atoms with Gasteiger partial charge < -0.3 is 14.8 Å². The van der Waals surface area contributed by atoms with Gasteiger partial charge in [-0.15, -0.1) is 0 Å². The first-order valence-corrected chi connectivity index (χ1v) is 12.8. The number of nitrogens with zero attached hydrogens (tertiary/aromatic N) is 1. The topological polar surface area (TPSA) is 84.9 Å². The SMILES string of the molecule is COc1ccc(N(CC(=O)NCCCc2ccc(C)cc2)S(=O)(=O)c2ccc(C)cc2)cc1OC. The van der Waals surface area contributed by atoms with Gasteiger partial charge in [-0.05, 0) is 56.5 Å². The Morgan fingerprint density at radius 2 is 1.46 bits per heavy atom. The average Bonchev–Trinajstić information content (AvgIpc) is 2.86. The molecule has 0 saturated heterocycles. The average molecular weight is 497 g/mol. The molecule has 0 atom stereocenters. The summed E-state index contributed by atoms with van der Waals surface area (Å²) in [6, 6.07) is 19.6. The van der Waals surface area contributed by atoms with E-state index in [0.29, 0.717) is 23.7 Å². The molecule has 8 heteroatoms. The molecule has 3 aromatic carbocycles. The number of hydrogen-bond donors (Lipinski definition) is 1. The van der Waals surface area contributed by atoms with Crippen LogP contribution in [0.5, 0.6) is 11.5 Å². The summed E-state index contributed by atoms with van der Waals surface area (Å²) in [5.41, 5.74) is 3.64. The minimum absolute atomic E-state index is 0.102. The monoisotopic (exact) mass is 496 g/mol. The van der Waals surface area contributed by atoms with Gasteiger partial charge >= 0.3 is 0 Å². The summed E-state index contributed by atoms with van der Waals surface area (Å²) >= 11 is 0. The molecular formula is C27H32N2O5S. The Balaban J connectivity index is 1.78. The third-order valence-electron chi connectivity index (χ3n) is 5.64. The van der Waals surface area contributed by atoms with Gasteiger partial charge in [0.25, 0.3) is 10.0 Å². The second-order valence-electron chi connectivity index (χ2n) is 8.30. The van der Waals surface area contributed by atoms with Gasteiger partial charge in [0.05, 0.1) is 24.8 Å². The fraction of sp³-hybridized carbons (Fsp3) is 0.296. The maximum atomic E-state index is 13.6. The standard InChI is InChI=1S/C27H32N2O5S/c1-20-7-11-22(12-8-20)6-5-17-28-27(30)19-29(23-13-16-25(33-3)26(18-23)34-4)35(31,32)24-14-9-21(2)10-15-24/h7-16,18H,5-6,17,19H2,1-4H3,(H,28,30). The van der Waals surface area contributed by atoms with Crippen LogP contribution in [0.25, 0.3) is 0 Å². The first kappa shape index (κ1) is 26.1. The second kappa shape index (κ2) is 11.8. The van der Waals surface area contributed by atoms with E-state index in [2.05, 4.69) is 29.6 Å². The lowest BCUT2D eigenvalue weighted by molar-refractivity contribution is -0.119. The van der Waals surface area contributed by atoms with Crippen LogP contribution in [-0.4, -0.2) is 41.6 Å². The predicted octanol–water partition coefficient (Wildman–Crippen LogP) is 4.26. The summed E-state index contributed by atoms with van der Waals surface area (Å²) in [4.78, 5) is 12.9. The molecule has 3 aromatic rings. The van der Waals surface area contributed by atoms with E-state index in [1.807, 2.05) is 13.8 Å². The number of rotatable bonds is 11. The van der Waals surface area contributed by atoms with E-state index in [1.165, 1.54) is 37.5 Å². The van der Waals surface area contributed by atoms with E-state index in [4.69, 9.17) is 9.47 Å². The minimum Gasteiger partial charge on any atom is -0.493 e. The van der Waals surface area contributed by atoms with Gasteiger partial charge in [0.2, 0.25) is 5.91 Å². The van der Waals surface area contributed by atoms with Gasteiger partial charge in [-0.1, -0.05) is 47.5 Å². The highest BCUT2D eigenvalue weighted by atomic mass is 32.2. The fourth-order valence-electron chi connectivity index (χ4n) is 3.59. The zero-order valence-corrected chi connectivity index (χ0v) is 21.4. The van der Waals surface area contributed by atoms with Crippen molar-refractivity contribution >= 4 is 21.6 Å². The van der Waals surface area contributed by atoms with E-state index < -0.39 is 10.0 Å². The van der Waals surface area contributed by atoms with E-state index in [9.17, 15) is 13.2 Å². The Kier molecular flexibility index (Phi) is 8.76. The lowest BCUT2D eigenvalue weighted by atomic mass is 10.1. The number of aryl methyl sites for hydroxylation is 3. The molecule has 35 heavy (non-hydrogen) atoms. The molecule has 1 N–H and O–H groups in total. The first-order chi connectivity index (χ1) is 16.7. The summed E-state index contributed by atoms with van der Waals surface area (Å²) < 4.78 is 38.8. The van der Waals surface area contributed by atoms with Gasteiger partial charge in [0.15, 0.2) is 11.5 Å². The third kappa shape index (κ3) is 6.76. The number of methoxy groups -OCH3 is 2. The van der Waals surface area contributed by atoms with Crippen molar-refractivity contribution < 1.29 is 22.7 Å². The van der Waals surface area contributed by atoms with Crippen LogP contribution in [0.2, 0.25) is 0 Å². The number of amides is 1. The lowest BCUT2D eigenvalue weighted by Crippen LogP contribution is -2.41. The molecule has 0 heterocycles. The molecule has 0 saturated carbocycles. The van der Waals surface area contributed by atoms with Crippen LogP contribution >= 0.6 is 0 Å². The fourth-order valence-corrected chi connectivity index (χ4v) is 5.01. The van der Waals surface area contributed by atoms with Crippen LogP contribution in [0.4, 0.5) is 5.69 Å². The van der Waals surface area contributed by atoms with Crippen LogP contribution in [0, 0.1) is 13.8 Å². The van der Waals surface area contributed by atoms with E-state index in [-0.39, 0.29) is 17.3 Å². The zero-order valence-electron chi connectivity index (χ0n) is 20.6. The highest BCUT2D eigenvalue weighted by molar-refractivity contribution is 7.92. The molecule has 3 rings (SSSR count). The van der Waals surface area contributed by atoms with Crippen molar-refractivity contribution in [3.8, 4) is 11.5 Å². The molecule has 0 spiro atoms. The number of carbonyl (C=O) groups is 1. The molecule has 186 valence electrons. The Morgan fingerprint density at radius 1 is 0.857 bits per heavy atom. The largest absolute Gasteiger partial charge is 0.493 e. The second-order valence-corrected chi connectivity index (χ2v) is 10.2. The van der Waals surface area contributed by atoms with Crippen LogP contribution in [0.1, 0.15) is 23.1 Å². The third-order valence-corrected chi connectivity index (χ3v) is 7.42. The van der Waals surface area contributed by atoms with E-state index >= 15 is 0 Å². The van der Waals surface area contributed by atoms with E-state index in [0.717, 1.165) is 22.7 Å². The van der Waals surface area contributed by atoms with Crippen molar-refractivity contribution in [2.24, 2.45) is 0 Å². The summed E-state index contributed by atoms with van der Waals surface area (Å²) in [5, 5.41) is 2.85. The lowest BCUT2D eigenvalue weighted by Gasteiger charge is -2.25. The number of ether oxygens (including phenoxy) is 2. The minimum atomic E-state index is -4.01. The summed E-state index contributed by atoms with van der Waals surface area (Å²) in [7, 11) is -1.04.